The van der Waals surface area contributed by atoms with E-state index in [9.17, 15) is 0 Å². The van der Waals surface area contributed by atoms with Gasteiger partial charge in [-0.05, 0) is 70.3 Å². The van der Waals surface area contributed by atoms with Crippen LogP contribution in [0.1, 0.15) is 55.3 Å². The van der Waals surface area contributed by atoms with Gasteiger partial charge in [-0.2, -0.15) is 0 Å². The number of nitrogens with zero attached hydrogens (tertiary/aromatic N) is 1. The van der Waals surface area contributed by atoms with E-state index in [1.165, 1.54) is 55.5 Å². The molecule has 0 amide bonds. The first-order chi connectivity index (χ1) is 10.1. The minimum absolute atomic E-state index is 0.447. The van der Waals surface area contributed by atoms with Gasteiger partial charge in [0.25, 0.3) is 0 Å². The summed E-state index contributed by atoms with van der Waals surface area (Å²) in [7, 11) is 2.10. The fraction of sp³-hybridized carbons (Fsp3) is 0.684. The standard InChI is InChI=1S/C19H32N2/c1-5-17-7-6-11-21(12-10-17)14-19(20-4)18-13-15(2)8-9-16(18)3/h8-9,13,17,19-20H,5-7,10-12,14H2,1-4H3. The van der Waals surface area contributed by atoms with Crippen LogP contribution in [0.25, 0.3) is 0 Å². The van der Waals surface area contributed by atoms with Crippen LogP contribution in [-0.4, -0.2) is 31.6 Å². The molecule has 0 radical (unpaired) electrons. The van der Waals surface area contributed by atoms with Crippen molar-refractivity contribution < 1.29 is 0 Å². The number of hydrogen-bond donors (Lipinski definition) is 1. The molecule has 2 rings (SSSR count). The monoisotopic (exact) mass is 288 g/mol. The second-order valence-corrected chi connectivity index (χ2v) is 6.71. The van der Waals surface area contributed by atoms with E-state index in [1.54, 1.807) is 0 Å². The Morgan fingerprint density at radius 3 is 2.76 bits per heavy atom. The summed E-state index contributed by atoms with van der Waals surface area (Å²) >= 11 is 0. The summed E-state index contributed by atoms with van der Waals surface area (Å²) < 4.78 is 0. The van der Waals surface area contributed by atoms with Crippen molar-refractivity contribution in [2.75, 3.05) is 26.7 Å². The van der Waals surface area contributed by atoms with E-state index in [2.05, 4.69) is 56.2 Å². The van der Waals surface area contributed by atoms with Crippen molar-refractivity contribution in [2.45, 2.75) is 52.5 Å². The zero-order chi connectivity index (χ0) is 15.2. The minimum atomic E-state index is 0.447. The molecule has 1 aliphatic rings. The van der Waals surface area contributed by atoms with Gasteiger partial charge < -0.3 is 10.2 Å². The molecule has 1 aliphatic heterocycles. The molecule has 1 heterocycles. The number of hydrogen-bond acceptors (Lipinski definition) is 2. The Morgan fingerprint density at radius 1 is 1.24 bits per heavy atom. The number of rotatable bonds is 5. The van der Waals surface area contributed by atoms with Gasteiger partial charge in [0, 0.05) is 12.6 Å². The van der Waals surface area contributed by atoms with E-state index >= 15 is 0 Å². The highest BCUT2D eigenvalue weighted by Gasteiger charge is 2.20. The Hall–Kier alpha value is -0.860. The molecule has 1 N–H and O–H groups in total. The van der Waals surface area contributed by atoms with E-state index in [4.69, 9.17) is 0 Å². The molecule has 2 nitrogen and oxygen atoms in total. The Balaban J connectivity index is 2.03. The Morgan fingerprint density at radius 2 is 2.05 bits per heavy atom. The molecule has 2 unspecified atom stereocenters. The first-order valence-corrected chi connectivity index (χ1v) is 8.60. The fourth-order valence-electron chi connectivity index (χ4n) is 3.55. The second kappa shape index (κ2) is 7.95. The zero-order valence-corrected chi connectivity index (χ0v) is 14.3. The molecule has 0 aliphatic carbocycles. The summed E-state index contributed by atoms with van der Waals surface area (Å²) in [6.07, 6.45) is 5.50. The van der Waals surface area contributed by atoms with Crippen LogP contribution in [0, 0.1) is 19.8 Å². The maximum Gasteiger partial charge on any atom is 0.0449 e. The first kappa shape index (κ1) is 16.5. The van der Waals surface area contributed by atoms with Crippen LogP contribution in [-0.2, 0) is 0 Å². The lowest BCUT2D eigenvalue weighted by atomic mass is 9.98. The average molecular weight is 288 g/mol. The number of likely N-dealkylation sites (tertiary alicyclic amines) is 1. The van der Waals surface area contributed by atoms with Gasteiger partial charge in [0.15, 0.2) is 0 Å². The van der Waals surface area contributed by atoms with E-state index in [-0.39, 0.29) is 0 Å². The molecule has 2 atom stereocenters. The molecule has 21 heavy (non-hydrogen) atoms. The summed E-state index contributed by atoms with van der Waals surface area (Å²) in [5.74, 6) is 0.948. The third-order valence-electron chi connectivity index (χ3n) is 5.12. The summed E-state index contributed by atoms with van der Waals surface area (Å²) in [6, 6.07) is 7.26. The molecule has 0 saturated carbocycles. The average Bonchev–Trinajstić information content (AvgIpc) is 2.72. The van der Waals surface area contributed by atoms with Crippen LogP contribution >= 0.6 is 0 Å². The normalized spacial score (nSPS) is 22.0. The molecule has 2 heteroatoms. The summed E-state index contributed by atoms with van der Waals surface area (Å²) in [5, 5.41) is 3.54. The van der Waals surface area contributed by atoms with Crippen LogP contribution in [0.5, 0.6) is 0 Å². The third kappa shape index (κ3) is 4.55. The van der Waals surface area contributed by atoms with Crippen LogP contribution < -0.4 is 5.32 Å². The maximum atomic E-state index is 3.54. The predicted octanol–water partition coefficient (Wildman–Crippen LogP) is 4.08. The van der Waals surface area contributed by atoms with Gasteiger partial charge in [-0.3, -0.25) is 0 Å². The lowest BCUT2D eigenvalue weighted by Crippen LogP contribution is -2.35. The predicted molar refractivity (Wildman–Crippen MR) is 91.8 cm³/mol. The van der Waals surface area contributed by atoms with E-state index in [0.717, 1.165) is 12.5 Å². The van der Waals surface area contributed by atoms with Gasteiger partial charge in [0.05, 0.1) is 0 Å². The van der Waals surface area contributed by atoms with Gasteiger partial charge in [-0.15, -0.1) is 0 Å². The SMILES string of the molecule is CCC1CCCN(CC(NC)c2cc(C)ccc2C)CC1. The Kier molecular flexibility index (Phi) is 6.25. The summed E-state index contributed by atoms with van der Waals surface area (Å²) in [4.78, 5) is 2.67. The molecule has 1 saturated heterocycles. The molecule has 0 spiro atoms. The smallest absolute Gasteiger partial charge is 0.0449 e. The van der Waals surface area contributed by atoms with Gasteiger partial charge >= 0.3 is 0 Å². The van der Waals surface area contributed by atoms with Crippen LogP contribution in [0.2, 0.25) is 0 Å². The summed E-state index contributed by atoms with van der Waals surface area (Å²) in [5.41, 5.74) is 4.23. The molecular weight excluding hydrogens is 256 g/mol. The van der Waals surface area contributed by atoms with Crippen molar-refractivity contribution in [1.82, 2.24) is 10.2 Å². The molecule has 1 fully saturated rings. The summed E-state index contributed by atoms with van der Waals surface area (Å²) in [6.45, 7) is 10.4. The number of likely N-dealkylation sites (N-methyl/N-ethyl adjacent to an activating group) is 1. The van der Waals surface area contributed by atoms with Crippen molar-refractivity contribution in [3.63, 3.8) is 0 Å². The minimum Gasteiger partial charge on any atom is -0.312 e. The van der Waals surface area contributed by atoms with Crippen LogP contribution in [0.3, 0.4) is 0 Å². The molecule has 1 aromatic rings. The Labute approximate surface area is 130 Å². The quantitative estimate of drug-likeness (QED) is 0.878. The zero-order valence-electron chi connectivity index (χ0n) is 14.3. The highest BCUT2D eigenvalue weighted by atomic mass is 15.1. The molecule has 118 valence electrons. The van der Waals surface area contributed by atoms with Crippen molar-refractivity contribution in [1.29, 1.82) is 0 Å². The lowest BCUT2D eigenvalue weighted by molar-refractivity contribution is 0.251. The van der Waals surface area contributed by atoms with E-state index in [1.807, 2.05) is 0 Å². The molecule has 0 aromatic heterocycles. The number of aryl methyl sites for hydroxylation is 2. The van der Waals surface area contributed by atoms with E-state index < -0.39 is 0 Å². The van der Waals surface area contributed by atoms with Crippen molar-refractivity contribution >= 4 is 0 Å². The van der Waals surface area contributed by atoms with Gasteiger partial charge in [-0.1, -0.05) is 37.1 Å². The van der Waals surface area contributed by atoms with Crippen molar-refractivity contribution in [2.24, 2.45) is 5.92 Å². The topological polar surface area (TPSA) is 15.3 Å². The van der Waals surface area contributed by atoms with Gasteiger partial charge in [0.2, 0.25) is 0 Å². The number of benzene rings is 1. The number of nitrogens with one attached hydrogen (secondary N) is 1. The lowest BCUT2D eigenvalue weighted by Gasteiger charge is -2.27. The molecular formula is C19H32N2. The first-order valence-electron chi connectivity index (χ1n) is 8.60. The highest BCUT2D eigenvalue weighted by Crippen LogP contribution is 2.24. The second-order valence-electron chi connectivity index (χ2n) is 6.71. The Bertz CT molecular complexity index is 441. The van der Waals surface area contributed by atoms with Crippen molar-refractivity contribution in [3.05, 3.63) is 34.9 Å². The molecule has 0 bridgehead atoms. The van der Waals surface area contributed by atoms with Crippen LogP contribution in [0.15, 0.2) is 18.2 Å². The van der Waals surface area contributed by atoms with Crippen molar-refractivity contribution in [3.8, 4) is 0 Å². The maximum absolute atomic E-state index is 3.54. The third-order valence-corrected chi connectivity index (χ3v) is 5.12. The van der Waals surface area contributed by atoms with Crippen LogP contribution in [0.4, 0.5) is 0 Å². The largest absolute Gasteiger partial charge is 0.312 e. The molecule has 1 aromatic carbocycles. The highest BCUT2D eigenvalue weighted by molar-refractivity contribution is 5.33. The van der Waals surface area contributed by atoms with Gasteiger partial charge in [-0.25, -0.2) is 0 Å². The van der Waals surface area contributed by atoms with Gasteiger partial charge in [0.1, 0.15) is 0 Å². The fourth-order valence-corrected chi connectivity index (χ4v) is 3.55. The van der Waals surface area contributed by atoms with E-state index in [0.29, 0.717) is 6.04 Å².